The van der Waals surface area contributed by atoms with E-state index in [0.717, 1.165) is 14.2 Å². The Kier molecular flexibility index (Phi) is 3.31. The smallest absolute Gasteiger partial charge is 0.343 e. The molecule has 0 aliphatic rings. The molecule has 4 nitrogen and oxygen atoms in total. The molecule has 1 aromatic carbocycles. The van der Waals surface area contributed by atoms with Gasteiger partial charge in [0.05, 0.1) is 14.2 Å². The molecule has 0 aliphatic heterocycles. The second kappa shape index (κ2) is 4.34. The van der Waals surface area contributed by atoms with Gasteiger partial charge in [0.25, 0.3) is 0 Å². The quantitative estimate of drug-likeness (QED) is 0.865. The van der Waals surface area contributed by atoms with Gasteiger partial charge >= 0.3 is 5.97 Å². The third kappa shape index (κ3) is 1.66. The summed E-state index contributed by atoms with van der Waals surface area (Å²) in [5.41, 5.74) is -1.01. The molecular formula is C10H10F2O4. The molecule has 1 aromatic rings. The minimum atomic E-state index is -1.52. The van der Waals surface area contributed by atoms with E-state index in [1.807, 2.05) is 0 Å². The zero-order chi connectivity index (χ0) is 12.5. The van der Waals surface area contributed by atoms with Gasteiger partial charge in [-0.1, -0.05) is 0 Å². The van der Waals surface area contributed by atoms with Crippen molar-refractivity contribution in [2.75, 3.05) is 14.2 Å². The first-order valence-corrected chi connectivity index (χ1v) is 4.28. The summed E-state index contributed by atoms with van der Waals surface area (Å²) in [6.07, 6.45) is 0. The fourth-order valence-electron chi connectivity index (χ4n) is 1.34. The van der Waals surface area contributed by atoms with Crippen molar-refractivity contribution in [2.24, 2.45) is 0 Å². The predicted octanol–water partition coefficient (Wildman–Crippen LogP) is 1.99. The maximum Gasteiger partial charge on any atom is 0.343 e. The lowest BCUT2D eigenvalue weighted by molar-refractivity contribution is 0.0687. The Balaban J connectivity index is 3.73. The van der Waals surface area contributed by atoms with Crippen molar-refractivity contribution in [3.05, 3.63) is 22.8 Å². The number of halogens is 2. The summed E-state index contributed by atoms with van der Waals surface area (Å²) in [5.74, 6) is -4.69. The standard InChI is InChI=1S/C10H10F2O4/c1-4-6(11)8(15-2)5(10(13)14)9(16-3)7(4)12/h1-3H3,(H,13,14). The van der Waals surface area contributed by atoms with E-state index in [9.17, 15) is 13.6 Å². The van der Waals surface area contributed by atoms with Crippen molar-refractivity contribution in [1.82, 2.24) is 0 Å². The molecule has 16 heavy (non-hydrogen) atoms. The SMILES string of the molecule is COc1c(F)c(C)c(F)c(OC)c1C(=O)O. The summed E-state index contributed by atoms with van der Waals surface area (Å²) in [4.78, 5) is 10.9. The van der Waals surface area contributed by atoms with E-state index in [1.54, 1.807) is 0 Å². The molecule has 6 heteroatoms. The molecule has 0 aromatic heterocycles. The summed E-state index contributed by atoms with van der Waals surface area (Å²) < 4.78 is 36.3. The number of hydrogen-bond donors (Lipinski definition) is 1. The van der Waals surface area contributed by atoms with Crippen LogP contribution in [0.2, 0.25) is 0 Å². The van der Waals surface area contributed by atoms with Crippen LogP contribution >= 0.6 is 0 Å². The first-order valence-electron chi connectivity index (χ1n) is 4.28. The summed E-state index contributed by atoms with van der Waals surface area (Å²) >= 11 is 0. The molecule has 0 heterocycles. The summed E-state index contributed by atoms with van der Waals surface area (Å²) in [6, 6.07) is 0. The first-order chi connectivity index (χ1) is 7.45. The van der Waals surface area contributed by atoms with Crippen LogP contribution in [0, 0.1) is 18.6 Å². The zero-order valence-electron chi connectivity index (χ0n) is 8.93. The first kappa shape index (κ1) is 12.2. The second-order valence-electron chi connectivity index (χ2n) is 3.00. The maximum atomic E-state index is 13.5. The number of aromatic carboxylic acids is 1. The van der Waals surface area contributed by atoms with Gasteiger partial charge in [-0.2, -0.15) is 0 Å². The van der Waals surface area contributed by atoms with Gasteiger partial charge in [0.15, 0.2) is 23.1 Å². The minimum Gasteiger partial charge on any atom is -0.493 e. The lowest BCUT2D eigenvalue weighted by Crippen LogP contribution is -2.09. The van der Waals surface area contributed by atoms with Crippen LogP contribution in [0.4, 0.5) is 8.78 Å². The zero-order valence-corrected chi connectivity index (χ0v) is 8.93. The highest BCUT2D eigenvalue weighted by Gasteiger charge is 2.28. The van der Waals surface area contributed by atoms with E-state index < -0.39 is 34.7 Å². The van der Waals surface area contributed by atoms with Gasteiger partial charge < -0.3 is 14.6 Å². The van der Waals surface area contributed by atoms with E-state index in [1.165, 1.54) is 6.92 Å². The summed E-state index contributed by atoms with van der Waals surface area (Å²) in [5, 5.41) is 8.86. The van der Waals surface area contributed by atoms with E-state index >= 15 is 0 Å². The van der Waals surface area contributed by atoms with Gasteiger partial charge in [-0.05, 0) is 6.92 Å². The number of carboxylic acids is 1. The van der Waals surface area contributed by atoms with Gasteiger partial charge in [0.2, 0.25) is 0 Å². The molecule has 0 bridgehead atoms. The number of benzene rings is 1. The van der Waals surface area contributed by atoms with Gasteiger partial charge in [-0.25, -0.2) is 13.6 Å². The maximum absolute atomic E-state index is 13.5. The van der Waals surface area contributed by atoms with Crippen LogP contribution in [-0.4, -0.2) is 25.3 Å². The van der Waals surface area contributed by atoms with Crippen molar-refractivity contribution in [1.29, 1.82) is 0 Å². The Morgan fingerprint density at radius 2 is 1.50 bits per heavy atom. The van der Waals surface area contributed by atoms with Crippen molar-refractivity contribution in [2.45, 2.75) is 6.92 Å². The third-order valence-electron chi connectivity index (χ3n) is 2.13. The van der Waals surface area contributed by atoms with Crippen LogP contribution < -0.4 is 9.47 Å². The Hall–Kier alpha value is -1.85. The lowest BCUT2D eigenvalue weighted by atomic mass is 10.1. The van der Waals surface area contributed by atoms with Crippen LogP contribution in [0.5, 0.6) is 11.5 Å². The average molecular weight is 232 g/mol. The largest absolute Gasteiger partial charge is 0.493 e. The molecule has 0 amide bonds. The lowest BCUT2D eigenvalue weighted by Gasteiger charge is -2.13. The monoisotopic (exact) mass is 232 g/mol. The number of rotatable bonds is 3. The van der Waals surface area contributed by atoms with Crippen LogP contribution in [0.3, 0.4) is 0 Å². The molecule has 0 spiro atoms. The Labute approximate surface area is 90.4 Å². The van der Waals surface area contributed by atoms with Gasteiger partial charge in [0, 0.05) is 5.56 Å². The molecule has 88 valence electrons. The van der Waals surface area contributed by atoms with E-state index in [4.69, 9.17) is 5.11 Å². The number of carboxylic acid groups (broad SMARTS) is 1. The molecule has 1 N–H and O–H groups in total. The third-order valence-corrected chi connectivity index (χ3v) is 2.13. The number of methoxy groups -OCH3 is 2. The topological polar surface area (TPSA) is 55.8 Å². The Morgan fingerprint density at radius 3 is 1.75 bits per heavy atom. The molecule has 1 rings (SSSR count). The Bertz CT molecular complexity index is 412. The van der Waals surface area contributed by atoms with Gasteiger partial charge in [-0.15, -0.1) is 0 Å². The molecule has 0 fully saturated rings. The Morgan fingerprint density at radius 1 is 1.12 bits per heavy atom. The van der Waals surface area contributed by atoms with Gasteiger partial charge in [0.1, 0.15) is 5.56 Å². The summed E-state index contributed by atoms with van der Waals surface area (Å²) in [6.45, 7) is 1.17. The normalized spacial score (nSPS) is 10.1. The minimum absolute atomic E-state index is 0.348. The molecule has 0 saturated carbocycles. The fraction of sp³-hybridized carbons (Fsp3) is 0.300. The van der Waals surface area contributed by atoms with Crippen LogP contribution in [-0.2, 0) is 0 Å². The van der Waals surface area contributed by atoms with Crippen molar-refractivity contribution in [3.63, 3.8) is 0 Å². The highest BCUT2D eigenvalue weighted by molar-refractivity contribution is 5.94. The highest BCUT2D eigenvalue weighted by atomic mass is 19.1. The van der Waals surface area contributed by atoms with Crippen LogP contribution in [0.1, 0.15) is 15.9 Å². The summed E-state index contributed by atoms with van der Waals surface area (Å²) in [7, 11) is 2.20. The van der Waals surface area contributed by atoms with E-state index in [0.29, 0.717) is 0 Å². The molecule has 0 aliphatic carbocycles. The van der Waals surface area contributed by atoms with Crippen molar-refractivity contribution in [3.8, 4) is 11.5 Å². The van der Waals surface area contributed by atoms with Gasteiger partial charge in [-0.3, -0.25) is 0 Å². The molecular weight excluding hydrogens is 222 g/mol. The number of carbonyl (C=O) groups is 1. The predicted molar refractivity (Wildman–Crippen MR) is 51.2 cm³/mol. The fourth-order valence-corrected chi connectivity index (χ4v) is 1.34. The van der Waals surface area contributed by atoms with E-state index in [-0.39, 0.29) is 5.56 Å². The average Bonchev–Trinajstić information content (AvgIpc) is 2.25. The van der Waals surface area contributed by atoms with E-state index in [2.05, 4.69) is 9.47 Å². The molecule has 0 atom stereocenters. The van der Waals surface area contributed by atoms with Crippen molar-refractivity contribution >= 4 is 5.97 Å². The second-order valence-corrected chi connectivity index (χ2v) is 3.00. The van der Waals surface area contributed by atoms with Crippen LogP contribution in [0.25, 0.3) is 0 Å². The van der Waals surface area contributed by atoms with Crippen molar-refractivity contribution < 1.29 is 28.2 Å². The number of hydrogen-bond acceptors (Lipinski definition) is 3. The number of ether oxygens (including phenoxy) is 2. The molecule has 0 saturated heterocycles. The van der Waals surface area contributed by atoms with Crippen LogP contribution in [0.15, 0.2) is 0 Å². The highest BCUT2D eigenvalue weighted by Crippen LogP contribution is 2.36. The molecule has 0 unspecified atom stereocenters. The molecule has 0 radical (unpaired) electrons.